The number of rotatable bonds is 5. The lowest BCUT2D eigenvalue weighted by Gasteiger charge is -2.07. The molecule has 1 saturated carbocycles. The molecular weight excluding hydrogens is 208 g/mol. The van der Waals surface area contributed by atoms with Crippen molar-refractivity contribution < 1.29 is 22.5 Å². The quantitative estimate of drug-likeness (QED) is 0.535. The molecule has 0 unspecified atom stereocenters. The van der Waals surface area contributed by atoms with Crippen molar-refractivity contribution in [2.45, 2.75) is 12.8 Å². The third kappa shape index (κ3) is 3.89. The maximum atomic E-state index is 10.7. The molecule has 1 rings (SSSR count). The van der Waals surface area contributed by atoms with Gasteiger partial charge in [0, 0.05) is 11.5 Å². The number of aliphatic carboxylic acids is 1. The molecule has 0 saturated heterocycles. The summed E-state index contributed by atoms with van der Waals surface area (Å²) in [6, 6.07) is 0. The van der Waals surface area contributed by atoms with Gasteiger partial charge in [-0.2, -0.15) is 8.42 Å². The van der Waals surface area contributed by atoms with Crippen LogP contribution < -0.4 is 0 Å². The molecule has 0 aliphatic heterocycles. The topological polar surface area (TPSA) is 80.7 Å². The Kier molecular flexibility index (Phi) is 2.96. The van der Waals surface area contributed by atoms with E-state index in [2.05, 4.69) is 4.18 Å². The van der Waals surface area contributed by atoms with E-state index in [9.17, 15) is 13.2 Å². The number of hydrogen-bond donors (Lipinski definition) is 1. The van der Waals surface area contributed by atoms with Gasteiger partial charge in [0.05, 0.1) is 12.9 Å². The maximum absolute atomic E-state index is 10.7. The van der Waals surface area contributed by atoms with Gasteiger partial charge in [-0.25, -0.2) is 4.79 Å². The molecule has 0 heterocycles. The molecule has 0 aromatic carbocycles. The molecule has 0 aromatic rings. The first-order valence-electron chi connectivity index (χ1n) is 4.10. The lowest BCUT2D eigenvalue weighted by molar-refractivity contribution is -0.131. The fourth-order valence-electron chi connectivity index (χ4n) is 0.992. The highest BCUT2D eigenvalue weighted by atomic mass is 32.2. The minimum Gasteiger partial charge on any atom is -0.478 e. The highest BCUT2D eigenvalue weighted by Crippen LogP contribution is 2.47. The van der Waals surface area contributed by atoms with Crippen LogP contribution in [-0.4, -0.2) is 32.4 Å². The Morgan fingerprint density at radius 3 is 2.50 bits per heavy atom. The largest absolute Gasteiger partial charge is 0.478 e. The zero-order chi connectivity index (χ0) is 10.8. The van der Waals surface area contributed by atoms with Crippen LogP contribution in [0.15, 0.2) is 12.2 Å². The molecule has 1 aliphatic rings. The molecule has 0 atom stereocenters. The Labute approximate surface area is 82.5 Å². The van der Waals surface area contributed by atoms with Crippen LogP contribution in [0.5, 0.6) is 0 Å². The van der Waals surface area contributed by atoms with Gasteiger partial charge < -0.3 is 5.11 Å². The molecule has 1 aliphatic carbocycles. The van der Waals surface area contributed by atoms with Gasteiger partial charge in [0.15, 0.2) is 0 Å². The number of carboxylic acid groups (broad SMARTS) is 1. The summed E-state index contributed by atoms with van der Waals surface area (Å²) in [4.78, 5) is 10.2. The highest BCUT2D eigenvalue weighted by molar-refractivity contribution is 7.85. The third-order valence-corrected chi connectivity index (χ3v) is 2.58. The third-order valence-electron chi connectivity index (χ3n) is 2.03. The maximum Gasteiger partial charge on any atom is 0.327 e. The number of carboxylic acids is 1. The summed E-state index contributed by atoms with van der Waals surface area (Å²) in [7, 11) is -3.44. The second-order valence-electron chi connectivity index (χ2n) is 3.50. The molecule has 1 N–H and O–H groups in total. The number of hydrogen-bond acceptors (Lipinski definition) is 4. The Morgan fingerprint density at radius 1 is 1.57 bits per heavy atom. The Bertz CT molecular complexity index is 350. The zero-order valence-corrected chi connectivity index (χ0v) is 8.58. The first-order valence-corrected chi connectivity index (χ1v) is 5.91. The summed E-state index contributed by atoms with van der Waals surface area (Å²) >= 11 is 0. The summed E-state index contributed by atoms with van der Waals surface area (Å²) in [5.41, 5.74) is -0.374. The van der Waals surface area contributed by atoms with E-state index in [1.807, 2.05) is 0 Å². The minimum absolute atomic E-state index is 0.0373. The van der Waals surface area contributed by atoms with Gasteiger partial charge in [-0.15, -0.1) is 0 Å². The van der Waals surface area contributed by atoms with E-state index in [-0.39, 0.29) is 12.0 Å². The Hall–Kier alpha value is -0.880. The van der Waals surface area contributed by atoms with Crippen molar-refractivity contribution in [3.05, 3.63) is 12.2 Å². The van der Waals surface area contributed by atoms with E-state index in [4.69, 9.17) is 5.11 Å². The predicted octanol–water partition coefficient (Wildman–Crippen LogP) is 0.384. The Morgan fingerprint density at radius 2 is 2.14 bits per heavy atom. The molecule has 6 heteroatoms. The van der Waals surface area contributed by atoms with Crippen LogP contribution >= 0.6 is 0 Å². The molecule has 0 amide bonds. The Balaban J connectivity index is 2.48. The first-order chi connectivity index (χ1) is 6.33. The fraction of sp³-hybridized carbons (Fsp3) is 0.625. The molecule has 0 bridgehead atoms. The van der Waals surface area contributed by atoms with E-state index in [1.165, 1.54) is 6.08 Å². The van der Waals surface area contributed by atoms with Crippen molar-refractivity contribution in [3.8, 4) is 0 Å². The van der Waals surface area contributed by atoms with Crippen molar-refractivity contribution in [2.24, 2.45) is 5.41 Å². The van der Waals surface area contributed by atoms with Gasteiger partial charge in [0.1, 0.15) is 0 Å². The lowest BCUT2D eigenvalue weighted by atomic mass is 10.1. The van der Waals surface area contributed by atoms with E-state index in [0.717, 1.165) is 25.2 Å². The zero-order valence-electron chi connectivity index (χ0n) is 7.76. The second kappa shape index (κ2) is 3.70. The van der Waals surface area contributed by atoms with E-state index < -0.39 is 16.1 Å². The highest BCUT2D eigenvalue weighted by Gasteiger charge is 2.41. The van der Waals surface area contributed by atoms with E-state index in [0.29, 0.717) is 0 Å². The second-order valence-corrected chi connectivity index (χ2v) is 5.14. The van der Waals surface area contributed by atoms with Crippen LogP contribution in [0, 0.1) is 5.41 Å². The smallest absolute Gasteiger partial charge is 0.327 e. The minimum atomic E-state index is -3.44. The summed E-state index contributed by atoms with van der Waals surface area (Å²) in [5, 5.41) is 8.39. The number of carbonyl (C=O) groups is 1. The van der Waals surface area contributed by atoms with Crippen LogP contribution in [0.4, 0.5) is 0 Å². The average Bonchev–Trinajstić information content (AvgIpc) is 2.77. The first kappa shape index (κ1) is 11.2. The van der Waals surface area contributed by atoms with Crippen LogP contribution in [0.1, 0.15) is 12.8 Å². The van der Waals surface area contributed by atoms with E-state index in [1.54, 1.807) is 0 Å². The van der Waals surface area contributed by atoms with Gasteiger partial charge in [0.2, 0.25) is 0 Å². The van der Waals surface area contributed by atoms with Crippen molar-refractivity contribution >= 4 is 16.1 Å². The fourth-order valence-corrected chi connectivity index (χ4v) is 1.44. The van der Waals surface area contributed by atoms with Gasteiger partial charge in [-0.05, 0) is 12.8 Å². The van der Waals surface area contributed by atoms with Gasteiger partial charge >= 0.3 is 5.97 Å². The summed E-state index contributed by atoms with van der Waals surface area (Å²) in [6.07, 6.45) is 5.04. The normalized spacial score (nSPS) is 19.8. The molecule has 0 aromatic heterocycles. The molecule has 5 nitrogen and oxygen atoms in total. The molecule has 80 valence electrons. The molecular formula is C8H12O5S. The van der Waals surface area contributed by atoms with Crippen molar-refractivity contribution in [2.75, 3.05) is 12.9 Å². The lowest BCUT2D eigenvalue weighted by Crippen LogP contribution is -2.12. The standard InChI is InChI=1S/C8H12O5S/c1-14(11,12)13-6-8(4-5-8)3-2-7(9)10/h2-3H,4-6H2,1H3,(H,9,10)/b3-2+. The molecule has 0 radical (unpaired) electrons. The summed E-state index contributed by atoms with van der Waals surface area (Å²) in [6.45, 7) is 0.0373. The van der Waals surface area contributed by atoms with Crippen molar-refractivity contribution in [1.82, 2.24) is 0 Å². The van der Waals surface area contributed by atoms with Crippen LogP contribution in [0.25, 0.3) is 0 Å². The molecule has 0 spiro atoms. The van der Waals surface area contributed by atoms with E-state index >= 15 is 0 Å². The van der Waals surface area contributed by atoms with Crippen LogP contribution in [-0.2, 0) is 19.1 Å². The van der Waals surface area contributed by atoms with Gasteiger partial charge in [-0.1, -0.05) is 6.08 Å². The summed E-state index contributed by atoms with van der Waals surface area (Å²) < 4.78 is 26.0. The van der Waals surface area contributed by atoms with Crippen molar-refractivity contribution in [1.29, 1.82) is 0 Å². The molecule has 1 fully saturated rings. The monoisotopic (exact) mass is 220 g/mol. The molecule has 14 heavy (non-hydrogen) atoms. The van der Waals surface area contributed by atoms with Crippen LogP contribution in [0.3, 0.4) is 0 Å². The predicted molar refractivity (Wildman–Crippen MR) is 49.2 cm³/mol. The average molecular weight is 220 g/mol. The van der Waals surface area contributed by atoms with Crippen LogP contribution in [0.2, 0.25) is 0 Å². The van der Waals surface area contributed by atoms with Gasteiger partial charge in [0.25, 0.3) is 10.1 Å². The van der Waals surface area contributed by atoms with Gasteiger partial charge in [-0.3, -0.25) is 4.18 Å². The SMILES string of the molecule is CS(=O)(=O)OCC1(/C=C/C(=O)O)CC1. The summed E-state index contributed by atoms with van der Waals surface area (Å²) in [5.74, 6) is -1.03. The van der Waals surface area contributed by atoms with Crippen molar-refractivity contribution in [3.63, 3.8) is 0 Å².